The van der Waals surface area contributed by atoms with Crippen LogP contribution >= 0.6 is 0 Å². The molecule has 0 radical (unpaired) electrons. The molecule has 3 rings (SSSR count). The lowest BCUT2D eigenvalue weighted by atomic mass is 10.2. The van der Waals surface area contributed by atoms with Crippen molar-refractivity contribution in [3.63, 3.8) is 0 Å². The Hall–Kier alpha value is -3.10. The normalized spacial score (nSPS) is 11.5. The van der Waals surface area contributed by atoms with Gasteiger partial charge in [0.2, 0.25) is 10.0 Å². The lowest BCUT2D eigenvalue weighted by molar-refractivity contribution is 0.102. The molecule has 0 aliphatic rings. The number of hydrogen-bond acceptors (Lipinski definition) is 4. The molecule has 8 heteroatoms. The Bertz CT molecular complexity index is 1180. The maximum Gasteiger partial charge on any atom is 0.257 e. The van der Waals surface area contributed by atoms with Gasteiger partial charge in [-0.05, 0) is 62.4 Å². The van der Waals surface area contributed by atoms with E-state index in [4.69, 9.17) is 4.74 Å². The zero-order valence-electron chi connectivity index (χ0n) is 17.6. The van der Waals surface area contributed by atoms with E-state index in [1.54, 1.807) is 19.2 Å². The minimum atomic E-state index is -3.58. The predicted molar refractivity (Wildman–Crippen MR) is 117 cm³/mol. The maximum atomic E-state index is 12.9. The molecule has 3 aromatic rings. The van der Waals surface area contributed by atoms with Crippen LogP contribution in [0.2, 0.25) is 0 Å². The summed E-state index contributed by atoms with van der Waals surface area (Å²) in [6.07, 6.45) is 0. The van der Waals surface area contributed by atoms with Crippen molar-refractivity contribution in [1.82, 2.24) is 8.87 Å². The summed E-state index contributed by atoms with van der Waals surface area (Å²) in [5.41, 5.74) is 3.55. The highest BCUT2D eigenvalue weighted by Gasteiger charge is 2.20. The number of hydrogen-bond donors (Lipinski definition) is 1. The van der Waals surface area contributed by atoms with Crippen molar-refractivity contribution in [2.45, 2.75) is 18.7 Å². The molecule has 1 aromatic heterocycles. The van der Waals surface area contributed by atoms with Crippen molar-refractivity contribution in [3.8, 4) is 11.4 Å². The molecule has 7 nitrogen and oxygen atoms in total. The Labute approximate surface area is 176 Å². The molecule has 0 atom stereocenters. The zero-order valence-corrected chi connectivity index (χ0v) is 18.4. The van der Waals surface area contributed by atoms with E-state index >= 15 is 0 Å². The van der Waals surface area contributed by atoms with E-state index in [1.807, 2.05) is 48.7 Å². The molecule has 30 heavy (non-hydrogen) atoms. The third-order valence-corrected chi connectivity index (χ3v) is 6.69. The molecular weight excluding hydrogens is 402 g/mol. The number of nitrogens with one attached hydrogen (secondary N) is 1. The van der Waals surface area contributed by atoms with Crippen molar-refractivity contribution >= 4 is 21.6 Å². The molecule has 1 amide bonds. The number of methoxy groups -OCH3 is 1. The summed E-state index contributed by atoms with van der Waals surface area (Å²) in [7, 11) is 0.963. The van der Waals surface area contributed by atoms with Crippen LogP contribution in [0, 0.1) is 13.8 Å². The lowest BCUT2D eigenvalue weighted by Crippen LogP contribution is -2.22. The van der Waals surface area contributed by atoms with Crippen LogP contribution in [0.1, 0.15) is 21.7 Å². The van der Waals surface area contributed by atoms with Gasteiger partial charge in [0, 0.05) is 36.9 Å². The standard InChI is InChI=1S/C22H25N3O4S/c1-15-13-21(16(2)25(15)18-9-11-19(29-5)12-10-18)22(26)23-17-7-6-8-20(14-17)30(27,28)24(3)4/h6-14H,1-5H3,(H,23,26). The van der Waals surface area contributed by atoms with E-state index in [9.17, 15) is 13.2 Å². The average Bonchev–Trinajstić information content (AvgIpc) is 3.02. The van der Waals surface area contributed by atoms with Gasteiger partial charge >= 0.3 is 0 Å². The average molecular weight is 428 g/mol. The fraction of sp³-hybridized carbons (Fsp3) is 0.227. The van der Waals surface area contributed by atoms with Gasteiger partial charge in [-0.15, -0.1) is 0 Å². The number of carbonyl (C=O) groups is 1. The van der Waals surface area contributed by atoms with Crippen LogP contribution in [0.15, 0.2) is 59.5 Å². The van der Waals surface area contributed by atoms with Crippen molar-refractivity contribution in [3.05, 3.63) is 71.5 Å². The summed E-state index contributed by atoms with van der Waals surface area (Å²) in [5, 5.41) is 2.81. The number of rotatable bonds is 6. The highest BCUT2D eigenvalue weighted by molar-refractivity contribution is 7.89. The van der Waals surface area contributed by atoms with Gasteiger partial charge in [-0.2, -0.15) is 0 Å². The quantitative estimate of drug-likeness (QED) is 0.652. The van der Waals surface area contributed by atoms with Crippen LogP contribution in [0.25, 0.3) is 5.69 Å². The van der Waals surface area contributed by atoms with Crippen LogP contribution < -0.4 is 10.1 Å². The van der Waals surface area contributed by atoms with Gasteiger partial charge in [-0.25, -0.2) is 12.7 Å². The number of aryl methyl sites for hydroxylation is 1. The van der Waals surface area contributed by atoms with Crippen molar-refractivity contribution < 1.29 is 17.9 Å². The van der Waals surface area contributed by atoms with Gasteiger partial charge in [-0.1, -0.05) is 6.07 Å². The summed E-state index contributed by atoms with van der Waals surface area (Å²) in [4.78, 5) is 13.0. The van der Waals surface area contributed by atoms with Gasteiger partial charge in [0.25, 0.3) is 5.91 Å². The predicted octanol–water partition coefficient (Wildman–Crippen LogP) is 3.61. The molecule has 0 spiro atoms. The Balaban J connectivity index is 1.90. The van der Waals surface area contributed by atoms with Gasteiger partial charge < -0.3 is 14.6 Å². The van der Waals surface area contributed by atoms with Crippen LogP contribution in [-0.2, 0) is 10.0 Å². The first kappa shape index (κ1) is 21.6. The van der Waals surface area contributed by atoms with Crippen LogP contribution in [-0.4, -0.2) is 44.4 Å². The van der Waals surface area contributed by atoms with E-state index in [-0.39, 0.29) is 10.8 Å². The summed E-state index contributed by atoms with van der Waals surface area (Å²) in [5.74, 6) is 0.453. The second-order valence-electron chi connectivity index (χ2n) is 7.09. The summed E-state index contributed by atoms with van der Waals surface area (Å²) in [6.45, 7) is 3.80. The first-order valence-electron chi connectivity index (χ1n) is 9.32. The molecule has 0 fully saturated rings. The monoisotopic (exact) mass is 427 g/mol. The zero-order chi connectivity index (χ0) is 22.1. The van der Waals surface area contributed by atoms with Crippen LogP contribution in [0.4, 0.5) is 5.69 Å². The van der Waals surface area contributed by atoms with E-state index in [0.717, 1.165) is 27.1 Å². The third kappa shape index (κ3) is 4.10. The van der Waals surface area contributed by atoms with Crippen LogP contribution in [0.3, 0.4) is 0 Å². The molecule has 0 aliphatic carbocycles. The third-order valence-electron chi connectivity index (χ3n) is 4.88. The van der Waals surface area contributed by atoms with Gasteiger partial charge in [0.05, 0.1) is 17.6 Å². The van der Waals surface area contributed by atoms with Crippen molar-refractivity contribution in [2.24, 2.45) is 0 Å². The molecule has 0 aliphatic heterocycles. The number of amides is 1. The maximum absolute atomic E-state index is 12.9. The summed E-state index contributed by atoms with van der Waals surface area (Å²) >= 11 is 0. The molecule has 0 saturated carbocycles. The largest absolute Gasteiger partial charge is 0.497 e. The Morgan fingerprint density at radius 2 is 1.70 bits per heavy atom. The fourth-order valence-corrected chi connectivity index (χ4v) is 4.21. The molecule has 158 valence electrons. The number of sulfonamides is 1. The van der Waals surface area contributed by atoms with Crippen molar-refractivity contribution in [2.75, 3.05) is 26.5 Å². The van der Waals surface area contributed by atoms with Gasteiger partial charge in [0.15, 0.2) is 0 Å². The first-order valence-corrected chi connectivity index (χ1v) is 10.8. The highest BCUT2D eigenvalue weighted by atomic mass is 32.2. The molecule has 0 unspecified atom stereocenters. The van der Waals surface area contributed by atoms with Crippen LogP contribution in [0.5, 0.6) is 5.75 Å². The number of ether oxygens (including phenoxy) is 1. The summed E-state index contributed by atoms with van der Waals surface area (Å²) in [6, 6.07) is 15.6. The SMILES string of the molecule is COc1ccc(-n2c(C)cc(C(=O)Nc3cccc(S(=O)(=O)N(C)C)c3)c2C)cc1. The minimum Gasteiger partial charge on any atom is -0.497 e. The second kappa shape index (κ2) is 8.33. The van der Waals surface area contributed by atoms with Crippen molar-refractivity contribution in [1.29, 1.82) is 0 Å². The van der Waals surface area contributed by atoms with Gasteiger partial charge in [0.1, 0.15) is 5.75 Å². The topological polar surface area (TPSA) is 80.6 Å². The Morgan fingerprint density at radius 3 is 2.30 bits per heavy atom. The minimum absolute atomic E-state index is 0.119. The number of nitrogens with zero attached hydrogens (tertiary/aromatic N) is 2. The van der Waals surface area contributed by atoms with E-state index in [1.165, 1.54) is 26.2 Å². The molecule has 1 heterocycles. The smallest absolute Gasteiger partial charge is 0.257 e. The van der Waals surface area contributed by atoms with E-state index in [2.05, 4.69) is 5.32 Å². The highest BCUT2D eigenvalue weighted by Crippen LogP contribution is 2.24. The molecule has 2 aromatic carbocycles. The molecule has 0 saturated heterocycles. The summed E-state index contributed by atoms with van der Waals surface area (Å²) < 4.78 is 33.0. The first-order chi connectivity index (χ1) is 14.1. The van der Waals surface area contributed by atoms with E-state index < -0.39 is 10.0 Å². The number of anilines is 1. The Kier molecular flexibility index (Phi) is 6.00. The fourth-order valence-electron chi connectivity index (χ4n) is 3.26. The van der Waals surface area contributed by atoms with Gasteiger partial charge in [-0.3, -0.25) is 4.79 Å². The number of benzene rings is 2. The number of aromatic nitrogens is 1. The second-order valence-corrected chi connectivity index (χ2v) is 9.24. The molecule has 1 N–H and O–H groups in total. The lowest BCUT2D eigenvalue weighted by Gasteiger charge is -2.13. The molecule has 0 bridgehead atoms. The van der Waals surface area contributed by atoms with E-state index in [0.29, 0.717) is 11.3 Å². The molecular formula is C22H25N3O4S. The Morgan fingerprint density at radius 1 is 1.03 bits per heavy atom. The number of carbonyl (C=O) groups excluding carboxylic acids is 1.